The van der Waals surface area contributed by atoms with Crippen molar-refractivity contribution in [2.45, 2.75) is 10.1 Å². The number of aromatic nitrogens is 2. The number of hydrogen-bond acceptors (Lipinski definition) is 7. The van der Waals surface area contributed by atoms with Gasteiger partial charge in [0, 0.05) is 28.0 Å². The first-order valence-electron chi connectivity index (χ1n) is 7.76. The van der Waals surface area contributed by atoms with Crippen LogP contribution in [-0.2, 0) is 0 Å². The molecule has 0 aliphatic heterocycles. The van der Waals surface area contributed by atoms with Gasteiger partial charge in [-0.1, -0.05) is 11.8 Å². The van der Waals surface area contributed by atoms with E-state index in [-0.39, 0.29) is 5.82 Å². The SMILES string of the molecule is COc1cc(OC)cc(-c2nnc(SCCSc3ccc(F)cc3)o2)c1. The molecule has 0 radical (unpaired) electrons. The molecule has 2 aromatic carbocycles. The Morgan fingerprint density at radius 2 is 1.58 bits per heavy atom. The lowest BCUT2D eigenvalue weighted by Gasteiger charge is -2.05. The number of nitrogens with zero attached hydrogens (tertiary/aromatic N) is 2. The van der Waals surface area contributed by atoms with E-state index in [9.17, 15) is 4.39 Å². The summed E-state index contributed by atoms with van der Waals surface area (Å²) in [4.78, 5) is 1.03. The van der Waals surface area contributed by atoms with E-state index < -0.39 is 0 Å². The molecule has 0 amide bonds. The Morgan fingerprint density at radius 3 is 2.23 bits per heavy atom. The van der Waals surface area contributed by atoms with Crippen LogP contribution in [0.1, 0.15) is 0 Å². The van der Waals surface area contributed by atoms with E-state index in [2.05, 4.69) is 10.2 Å². The molecule has 0 aliphatic rings. The molecule has 0 saturated heterocycles. The monoisotopic (exact) mass is 392 g/mol. The Kier molecular flexibility index (Phi) is 6.40. The zero-order chi connectivity index (χ0) is 18.4. The fourth-order valence-electron chi connectivity index (χ4n) is 2.13. The van der Waals surface area contributed by atoms with Crippen molar-refractivity contribution in [1.29, 1.82) is 0 Å². The molecular weight excluding hydrogens is 375 g/mol. The molecule has 0 N–H and O–H groups in total. The lowest BCUT2D eigenvalue weighted by Crippen LogP contribution is -1.88. The third kappa shape index (κ3) is 4.92. The van der Waals surface area contributed by atoms with Crippen molar-refractivity contribution in [3.8, 4) is 23.0 Å². The van der Waals surface area contributed by atoms with Gasteiger partial charge in [-0.15, -0.1) is 22.0 Å². The van der Waals surface area contributed by atoms with Crippen LogP contribution in [0.5, 0.6) is 11.5 Å². The number of halogens is 1. The second-order valence-corrected chi connectivity index (χ2v) is 7.34. The van der Waals surface area contributed by atoms with Gasteiger partial charge in [0.2, 0.25) is 5.89 Å². The van der Waals surface area contributed by atoms with Crippen LogP contribution < -0.4 is 9.47 Å². The Balaban J connectivity index is 1.57. The second kappa shape index (κ2) is 8.95. The first kappa shape index (κ1) is 18.6. The fraction of sp³-hybridized carbons (Fsp3) is 0.222. The molecule has 0 fully saturated rings. The smallest absolute Gasteiger partial charge is 0.276 e. The number of thioether (sulfide) groups is 2. The van der Waals surface area contributed by atoms with Crippen molar-refractivity contribution in [3.63, 3.8) is 0 Å². The molecule has 8 heteroatoms. The maximum Gasteiger partial charge on any atom is 0.276 e. The number of rotatable bonds is 8. The summed E-state index contributed by atoms with van der Waals surface area (Å²) >= 11 is 3.13. The lowest BCUT2D eigenvalue weighted by atomic mass is 10.2. The minimum Gasteiger partial charge on any atom is -0.497 e. The van der Waals surface area contributed by atoms with E-state index in [1.54, 1.807) is 44.2 Å². The number of hydrogen-bond donors (Lipinski definition) is 0. The third-order valence-electron chi connectivity index (χ3n) is 3.40. The molecule has 3 rings (SSSR count). The van der Waals surface area contributed by atoms with Gasteiger partial charge in [-0.3, -0.25) is 0 Å². The topological polar surface area (TPSA) is 57.4 Å². The van der Waals surface area contributed by atoms with Crippen LogP contribution in [0.15, 0.2) is 57.0 Å². The van der Waals surface area contributed by atoms with Crippen molar-refractivity contribution in [3.05, 3.63) is 48.3 Å². The first-order chi connectivity index (χ1) is 12.7. The van der Waals surface area contributed by atoms with Crippen LogP contribution in [0.4, 0.5) is 4.39 Å². The normalized spacial score (nSPS) is 10.7. The van der Waals surface area contributed by atoms with Gasteiger partial charge in [-0.05, 0) is 36.4 Å². The average molecular weight is 392 g/mol. The minimum atomic E-state index is -0.226. The Morgan fingerprint density at radius 1 is 0.923 bits per heavy atom. The van der Waals surface area contributed by atoms with Crippen molar-refractivity contribution in [2.75, 3.05) is 25.7 Å². The van der Waals surface area contributed by atoms with Gasteiger partial charge in [0.1, 0.15) is 17.3 Å². The molecule has 0 unspecified atom stereocenters. The van der Waals surface area contributed by atoms with E-state index in [0.29, 0.717) is 22.6 Å². The average Bonchev–Trinajstić information content (AvgIpc) is 3.15. The quantitative estimate of drug-likeness (QED) is 0.404. The Bertz CT molecular complexity index is 834. The van der Waals surface area contributed by atoms with Gasteiger partial charge >= 0.3 is 0 Å². The molecule has 0 spiro atoms. The van der Waals surface area contributed by atoms with Crippen LogP contribution in [-0.4, -0.2) is 35.9 Å². The lowest BCUT2D eigenvalue weighted by molar-refractivity contribution is 0.394. The van der Waals surface area contributed by atoms with Crippen LogP contribution in [0.2, 0.25) is 0 Å². The van der Waals surface area contributed by atoms with Gasteiger partial charge in [0.15, 0.2) is 0 Å². The summed E-state index contributed by atoms with van der Waals surface area (Å²) in [6, 6.07) is 11.9. The van der Waals surface area contributed by atoms with Gasteiger partial charge in [0.05, 0.1) is 14.2 Å². The Labute approximate surface area is 159 Å². The van der Waals surface area contributed by atoms with Crippen molar-refractivity contribution in [2.24, 2.45) is 0 Å². The molecule has 5 nitrogen and oxygen atoms in total. The number of methoxy groups -OCH3 is 2. The standard InChI is InChI=1S/C18H17FN2O3S2/c1-22-14-9-12(10-15(11-14)23-2)17-20-21-18(24-17)26-8-7-25-16-5-3-13(19)4-6-16/h3-6,9-11H,7-8H2,1-2H3. The minimum absolute atomic E-state index is 0.226. The Hall–Kier alpha value is -2.19. The molecule has 3 aromatic rings. The zero-order valence-corrected chi connectivity index (χ0v) is 15.9. The maximum atomic E-state index is 12.9. The third-order valence-corrected chi connectivity index (χ3v) is 5.49. The van der Waals surface area contributed by atoms with Crippen LogP contribution >= 0.6 is 23.5 Å². The fourth-order valence-corrected chi connectivity index (χ4v) is 3.78. The molecule has 1 aromatic heterocycles. The summed E-state index contributed by atoms with van der Waals surface area (Å²) in [6.45, 7) is 0. The van der Waals surface area contributed by atoms with Gasteiger partial charge in [-0.25, -0.2) is 4.39 Å². The van der Waals surface area contributed by atoms with E-state index in [1.165, 1.54) is 23.9 Å². The second-order valence-electron chi connectivity index (χ2n) is 5.13. The molecule has 0 bridgehead atoms. The summed E-state index contributed by atoms with van der Waals surface area (Å²) in [7, 11) is 3.18. The summed E-state index contributed by atoms with van der Waals surface area (Å²) in [6.07, 6.45) is 0. The number of ether oxygens (including phenoxy) is 2. The highest BCUT2D eigenvalue weighted by atomic mass is 32.2. The molecule has 26 heavy (non-hydrogen) atoms. The molecule has 1 heterocycles. The maximum absolute atomic E-state index is 12.9. The van der Waals surface area contributed by atoms with Gasteiger partial charge < -0.3 is 13.9 Å². The van der Waals surface area contributed by atoms with Crippen LogP contribution in [0.25, 0.3) is 11.5 Å². The largest absolute Gasteiger partial charge is 0.497 e. The summed E-state index contributed by atoms with van der Waals surface area (Å²) in [5.41, 5.74) is 0.737. The van der Waals surface area contributed by atoms with Crippen molar-refractivity contribution in [1.82, 2.24) is 10.2 Å². The molecular formula is C18H17FN2O3S2. The van der Waals surface area contributed by atoms with Crippen LogP contribution in [0.3, 0.4) is 0 Å². The summed E-state index contributed by atoms with van der Waals surface area (Å²) in [5.74, 6) is 3.14. The van der Waals surface area contributed by atoms with E-state index in [4.69, 9.17) is 13.9 Å². The first-order valence-corrected chi connectivity index (χ1v) is 9.73. The predicted octanol–water partition coefficient (Wildman–Crippen LogP) is 4.78. The highest BCUT2D eigenvalue weighted by molar-refractivity contribution is 8.02. The molecule has 136 valence electrons. The number of benzene rings is 2. The predicted molar refractivity (Wildman–Crippen MR) is 101 cm³/mol. The molecule has 0 aliphatic carbocycles. The summed E-state index contributed by atoms with van der Waals surface area (Å²) in [5, 5.41) is 8.65. The van der Waals surface area contributed by atoms with E-state index in [0.717, 1.165) is 22.0 Å². The highest BCUT2D eigenvalue weighted by Gasteiger charge is 2.12. The van der Waals surface area contributed by atoms with Gasteiger partial charge in [0.25, 0.3) is 5.22 Å². The zero-order valence-electron chi connectivity index (χ0n) is 14.3. The summed E-state index contributed by atoms with van der Waals surface area (Å²) < 4.78 is 29.1. The molecule has 0 saturated carbocycles. The highest BCUT2D eigenvalue weighted by Crippen LogP contribution is 2.31. The molecule has 0 atom stereocenters. The van der Waals surface area contributed by atoms with Gasteiger partial charge in [-0.2, -0.15) is 0 Å². The van der Waals surface area contributed by atoms with E-state index >= 15 is 0 Å². The van der Waals surface area contributed by atoms with Crippen molar-refractivity contribution >= 4 is 23.5 Å². The van der Waals surface area contributed by atoms with E-state index in [1.807, 2.05) is 12.1 Å². The van der Waals surface area contributed by atoms with Crippen LogP contribution in [0, 0.1) is 5.82 Å². The van der Waals surface area contributed by atoms with Crippen molar-refractivity contribution < 1.29 is 18.3 Å².